The number of anilines is 1. The smallest absolute Gasteiger partial charge is 0.162 e. The molecule has 0 atom stereocenters. The Bertz CT molecular complexity index is 1420. The number of hydrogen-bond acceptors (Lipinski definition) is 6. The largest absolute Gasteiger partial charge is 0.496 e. The van der Waals surface area contributed by atoms with Crippen molar-refractivity contribution in [2.45, 2.75) is 72.8 Å². The van der Waals surface area contributed by atoms with Gasteiger partial charge in [0.15, 0.2) is 11.6 Å². The first-order chi connectivity index (χ1) is 20.0. The predicted molar refractivity (Wildman–Crippen MR) is 166 cm³/mol. The fraction of sp³-hybridized carbons (Fsp3) is 0.500. The molecule has 0 saturated carbocycles. The summed E-state index contributed by atoms with van der Waals surface area (Å²) < 4.78 is 11.4. The Hall–Kier alpha value is -3.22. The van der Waals surface area contributed by atoms with Crippen molar-refractivity contribution in [2.24, 2.45) is 10.8 Å². The molecule has 1 saturated heterocycles. The van der Waals surface area contributed by atoms with Crippen LogP contribution in [0.3, 0.4) is 0 Å². The van der Waals surface area contributed by atoms with Crippen LogP contribution >= 0.6 is 0 Å². The van der Waals surface area contributed by atoms with E-state index in [0.717, 1.165) is 90.8 Å². The molecule has 0 radical (unpaired) electrons. The summed E-state index contributed by atoms with van der Waals surface area (Å²) >= 11 is 0. The van der Waals surface area contributed by atoms with Crippen LogP contribution in [0.2, 0.25) is 0 Å². The number of ketones is 2. The molecule has 2 heterocycles. The van der Waals surface area contributed by atoms with Crippen LogP contribution in [0.5, 0.6) is 5.75 Å². The Morgan fingerprint density at radius 1 is 0.833 bits per heavy atom. The number of carbonyl (C=O) groups excluding carboxylic acids is 2. The second kappa shape index (κ2) is 10.8. The number of benzene rings is 2. The van der Waals surface area contributed by atoms with Gasteiger partial charge in [-0.15, -0.1) is 0 Å². The highest BCUT2D eigenvalue weighted by Crippen LogP contribution is 2.55. The zero-order chi connectivity index (χ0) is 29.8. The molecule has 6 nitrogen and oxygen atoms in total. The number of rotatable bonds is 5. The molecule has 0 aromatic heterocycles. The maximum atomic E-state index is 14.2. The van der Waals surface area contributed by atoms with Crippen LogP contribution in [0.15, 0.2) is 65.0 Å². The van der Waals surface area contributed by atoms with E-state index in [1.807, 2.05) is 6.07 Å². The Balaban J connectivity index is 1.56. The van der Waals surface area contributed by atoms with E-state index in [2.05, 4.69) is 80.8 Å². The molecule has 0 amide bonds. The van der Waals surface area contributed by atoms with E-state index in [1.54, 1.807) is 7.11 Å². The van der Waals surface area contributed by atoms with Gasteiger partial charge < -0.3 is 14.4 Å². The summed E-state index contributed by atoms with van der Waals surface area (Å²) in [4.78, 5) is 33.1. The molecule has 0 N–H and O–H groups in total. The number of methoxy groups -OCH3 is 1. The third kappa shape index (κ3) is 5.35. The summed E-state index contributed by atoms with van der Waals surface area (Å²) in [6.45, 7) is 14.8. The van der Waals surface area contributed by atoms with Crippen LogP contribution in [-0.4, -0.2) is 49.9 Å². The van der Waals surface area contributed by atoms with Crippen molar-refractivity contribution in [2.75, 3.05) is 38.3 Å². The van der Waals surface area contributed by atoms with Crippen LogP contribution in [-0.2, 0) is 20.9 Å². The minimum atomic E-state index is -0.377. The van der Waals surface area contributed by atoms with Gasteiger partial charge in [-0.3, -0.25) is 14.5 Å². The summed E-state index contributed by atoms with van der Waals surface area (Å²) in [7, 11) is 1.71. The lowest BCUT2D eigenvalue weighted by Crippen LogP contribution is -2.44. The van der Waals surface area contributed by atoms with Crippen molar-refractivity contribution in [3.63, 3.8) is 0 Å². The monoisotopic (exact) mass is 568 g/mol. The highest BCUT2D eigenvalue weighted by molar-refractivity contribution is 6.08. The molecule has 2 aromatic carbocycles. The number of carbonyl (C=O) groups is 2. The molecule has 0 unspecified atom stereocenters. The number of hydrogen-bond donors (Lipinski definition) is 0. The molecule has 0 bridgehead atoms. The maximum absolute atomic E-state index is 14.2. The van der Waals surface area contributed by atoms with Gasteiger partial charge in [0.1, 0.15) is 5.75 Å². The summed E-state index contributed by atoms with van der Waals surface area (Å²) in [5.41, 5.74) is 7.65. The van der Waals surface area contributed by atoms with Gasteiger partial charge in [-0.2, -0.15) is 0 Å². The quantitative estimate of drug-likeness (QED) is 0.399. The first-order valence-electron chi connectivity index (χ1n) is 15.3. The molecule has 4 aliphatic rings. The second-order valence-electron chi connectivity index (χ2n) is 14.2. The van der Waals surface area contributed by atoms with Gasteiger partial charge in [0, 0.05) is 72.2 Å². The van der Waals surface area contributed by atoms with E-state index < -0.39 is 0 Å². The topological polar surface area (TPSA) is 59.1 Å². The van der Waals surface area contributed by atoms with Crippen molar-refractivity contribution in [3.8, 4) is 5.75 Å². The van der Waals surface area contributed by atoms with Crippen LogP contribution in [0, 0.1) is 17.8 Å². The van der Waals surface area contributed by atoms with Gasteiger partial charge in [-0.05, 0) is 60.4 Å². The van der Waals surface area contributed by atoms with Crippen LogP contribution in [0.4, 0.5) is 5.69 Å². The van der Waals surface area contributed by atoms with Gasteiger partial charge in [-0.1, -0.05) is 51.5 Å². The van der Waals surface area contributed by atoms with Crippen LogP contribution in [0.1, 0.15) is 76.0 Å². The lowest BCUT2D eigenvalue weighted by molar-refractivity contribution is -0.119. The highest BCUT2D eigenvalue weighted by atomic mass is 16.5. The van der Waals surface area contributed by atoms with E-state index in [-0.39, 0.29) is 28.3 Å². The molecule has 6 heteroatoms. The van der Waals surface area contributed by atoms with Crippen LogP contribution in [0.25, 0.3) is 0 Å². The minimum Gasteiger partial charge on any atom is -0.496 e. The zero-order valence-electron chi connectivity index (χ0n) is 26.0. The molecular weight excluding hydrogens is 524 g/mol. The summed E-state index contributed by atoms with van der Waals surface area (Å²) in [6, 6.07) is 14.8. The summed E-state index contributed by atoms with van der Waals surface area (Å²) in [6.07, 6.45) is 2.51. The minimum absolute atomic E-state index is 0.151. The van der Waals surface area contributed by atoms with Gasteiger partial charge in [0.25, 0.3) is 0 Å². The average molecular weight is 569 g/mol. The van der Waals surface area contributed by atoms with E-state index in [0.29, 0.717) is 12.8 Å². The zero-order valence-corrected chi connectivity index (χ0v) is 26.0. The van der Waals surface area contributed by atoms with Crippen molar-refractivity contribution in [3.05, 3.63) is 81.7 Å². The number of nitrogens with zero attached hydrogens (tertiary/aromatic N) is 2. The fourth-order valence-electron chi connectivity index (χ4n) is 7.41. The lowest BCUT2D eigenvalue weighted by atomic mass is 9.63. The van der Waals surface area contributed by atoms with Crippen LogP contribution < -0.4 is 9.64 Å². The van der Waals surface area contributed by atoms with E-state index in [9.17, 15) is 9.59 Å². The number of aryl methyl sites for hydroxylation is 1. The Morgan fingerprint density at radius 2 is 1.40 bits per heavy atom. The van der Waals surface area contributed by atoms with Crippen molar-refractivity contribution < 1.29 is 19.1 Å². The van der Waals surface area contributed by atoms with E-state index in [1.165, 1.54) is 5.56 Å². The Kier molecular flexibility index (Phi) is 7.43. The lowest BCUT2D eigenvalue weighted by Gasteiger charge is -2.49. The maximum Gasteiger partial charge on any atom is 0.162 e. The van der Waals surface area contributed by atoms with Crippen molar-refractivity contribution in [1.29, 1.82) is 0 Å². The second-order valence-corrected chi connectivity index (χ2v) is 14.2. The molecule has 2 aliphatic carbocycles. The number of ether oxygens (including phenoxy) is 2. The normalized spacial score (nSPS) is 22.8. The SMILES string of the molecule is COc1ccc(C2C3=C(CC(C)(C)CC3=O)N(c3ccc(C)cc3)C3=C2C(=O)CC(C)(C)C3)cc1CN1CCOCC1. The average Bonchev–Trinajstić information content (AvgIpc) is 2.92. The highest BCUT2D eigenvalue weighted by Gasteiger charge is 2.49. The molecule has 222 valence electrons. The summed E-state index contributed by atoms with van der Waals surface area (Å²) in [5.74, 6) is 0.757. The van der Waals surface area contributed by atoms with Gasteiger partial charge in [0.05, 0.1) is 20.3 Å². The molecular formula is C36H44N2O4. The Labute approximate surface area is 250 Å². The van der Waals surface area contributed by atoms with E-state index in [4.69, 9.17) is 9.47 Å². The molecule has 0 spiro atoms. The first-order valence-corrected chi connectivity index (χ1v) is 15.3. The third-order valence-corrected chi connectivity index (χ3v) is 9.34. The molecule has 2 aromatic rings. The van der Waals surface area contributed by atoms with Crippen molar-refractivity contribution >= 4 is 17.3 Å². The standard InChI is InChI=1S/C36H44N2O4/c1-23-7-10-26(11-8-23)38-27-18-35(2,3)20-29(39)33(27)32(34-28(38)19-36(4,5)21-30(34)40)24-9-12-31(41-6)25(17-24)22-37-13-15-42-16-14-37/h7-12,17,32H,13-16,18-22H2,1-6H3. The van der Waals surface area contributed by atoms with Gasteiger partial charge >= 0.3 is 0 Å². The van der Waals surface area contributed by atoms with Crippen molar-refractivity contribution in [1.82, 2.24) is 4.90 Å². The Morgan fingerprint density at radius 3 is 1.95 bits per heavy atom. The molecule has 2 aliphatic heterocycles. The van der Waals surface area contributed by atoms with Gasteiger partial charge in [0.2, 0.25) is 0 Å². The fourth-order valence-corrected chi connectivity index (χ4v) is 7.41. The summed E-state index contributed by atoms with van der Waals surface area (Å²) in [5, 5.41) is 0. The molecule has 42 heavy (non-hydrogen) atoms. The van der Waals surface area contributed by atoms with E-state index >= 15 is 0 Å². The number of Topliss-reactive ketones (excluding diaryl/α,β-unsaturated/α-hetero) is 2. The molecule has 6 rings (SSSR count). The first kappa shape index (κ1) is 28.9. The molecule has 1 fully saturated rings. The third-order valence-electron chi connectivity index (χ3n) is 9.34. The van der Waals surface area contributed by atoms with Gasteiger partial charge in [-0.25, -0.2) is 0 Å². The predicted octanol–water partition coefficient (Wildman–Crippen LogP) is 6.73. The number of allylic oxidation sites excluding steroid dienone is 4. The number of morpholine rings is 1.